The molecule has 4 aromatic rings. The number of benzene rings is 2. The van der Waals surface area contributed by atoms with Crippen molar-refractivity contribution in [2.75, 3.05) is 0 Å². The van der Waals surface area contributed by atoms with E-state index in [-0.39, 0.29) is 0 Å². The number of hydrogen-bond acceptors (Lipinski definition) is 4. The van der Waals surface area contributed by atoms with Gasteiger partial charge in [-0.2, -0.15) is 0 Å². The summed E-state index contributed by atoms with van der Waals surface area (Å²) in [6.45, 7) is 0. The molecule has 0 bridgehead atoms. The molecule has 4 rings (SSSR count). The molecule has 0 saturated carbocycles. The van der Waals surface area contributed by atoms with Crippen molar-refractivity contribution in [3.8, 4) is 11.5 Å². The molecule has 0 saturated heterocycles. The maximum absolute atomic E-state index is 6.45. The van der Waals surface area contributed by atoms with Crippen LogP contribution in [0, 0.1) is 0 Å². The van der Waals surface area contributed by atoms with E-state index >= 15 is 0 Å². The quantitative estimate of drug-likeness (QED) is 0.479. The Kier molecular flexibility index (Phi) is 4.46. The molecule has 0 aliphatic carbocycles. The molecule has 0 N–H and O–H groups in total. The predicted molar refractivity (Wildman–Crippen MR) is 90.6 cm³/mol. The predicted octanol–water partition coefficient (Wildman–Crippen LogP) is 4.84. The van der Waals surface area contributed by atoms with E-state index < -0.39 is 21.4 Å². The number of aromatic nitrogens is 2. The summed E-state index contributed by atoms with van der Waals surface area (Å²) >= 11 is -3.10. The Morgan fingerprint density at radius 1 is 0.667 bits per heavy atom. The number of pyridine rings is 2. The van der Waals surface area contributed by atoms with Gasteiger partial charge < -0.3 is 0 Å². The van der Waals surface area contributed by atoms with Gasteiger partial charge in [0, 0.05) is 0 Å². The summed E-state index contributed by atoms with van der Waals surface area (Å²) in [6.07, 6.45) is 3.48. The van der Waals surface area contributed by atoms with Crippen molar-refractivity contribution in [1.82, 2.24) is 9.97 Å². The summed E-state index contributed by atoms with van der Waals surface area (Å²) in [7, 11) is 6.45. The van der Waals surface area contributed by atoms with Crippen molar-refractivity contribution in [2.24, 2.45) is 0 Å². The molecule has 0 unspecified atom stereocenters. The van der Waals surface area contributed by atoms with Gasteiger partial charge in [-0.25, -0.2) is 0 Å². The first kappa shape index (κ1) is 15.6. The van der Waals surface area contributed by atoms with E-state index in [0.29, 0.717) is 11.5 Å². The van der Waals surface area contributed by atoms with Crippen LogP contribution in [-0.4, -0.2) is 9.97 Å². The molecule has 0 aliphatic rings. The first-order chi connectivity index (χ1) is 11.8. The Balaban J connectivity index is 1.61. The summed E-state index contributed by atoms with van der Waals surface area (Å²) in [6, 6.07) is 19.3. The number of rotatable bonds is 4. The van der Waals surface area contributed by atoms with Gasteiger partial charge in [-0.05, 0) is 0 Å². The monoisotopic (exact) mass is 413 g/mol. The fourth-order valence-corrected chi connectivity index (χ4v) is 5.26. The fourth-order valence-electron chi connectivity index (χ4n) is 2.51. The Hall–Kier alpha value is -1.97. The summed E-state index contributed by atoms with van der Waals surface area (Å²) in [5.41, 5.74) is 1.58. The van der Waals surface area contributed by atoms with E-state index in [2.05, 4.69) is 9.97 Å². The zero-order valence-corrected chi connectivity index (χ0v) is 15.7. The molecule has 117 valence electrons. The molecule has 2 aromatic heterocycles. The SMILES string of the molecule is [Cl][Zr]([O]c1cccc2cccnc12)[O]c1cccc2cccnc12. The second-order valence-corrected chi connectivity index (χ2v) is 9.10. The summed E-state index contributed by atoms with van der Waals surface area (Å²) in [4.78, 5) is 8.74. The third-order valence-electron chi connectivity index (χ3n) is 3.57. The molecule has 4 nitrogen and oxygen atoms in total. The molecule has 0 radical (unpaired) electrons. The first-order valence-electron chi connectivity index (χ1n) is 7.37. The fraction of sp³-hybridized carbons (Fsp3) is 0. The summed E-state index contributed by atoms with van der Waals surface area (Å²) < 4.78 is 11.9. The topological polar surface area (TPSA) is 44.2 Å². The molecule has 0 spiro atoms. The van der Waals surface area contributed by atoms with E-state index in [1.54, 1.807) is 12.4 Å². The van der Waals surface area contributed by atoms with E-state index in [9.17, 15) is 0 Å². The Morgan fingerprint density at radius 3 is 1.62 bits per heavy atom. The van der Waals surface area contributed by atoms with Crippen LogP contribution >= 0.6 is 8.51 Å². The third-order valence-corrected chi connectivity index (χ3v) is 6.35. The number of halogens is 1. The molecule has 2 aromatic carbocycles. The zero-order chi connectivity index (χ0) is 16.4. The Labute approximate surface area is 151 Å². The zero-order valence-electron chi connectivity index (χ0n) is 12.5. The van der Waals surface area contributed by atoms with Crippen molar-refractivity contribution in [3.63, 3.8) is 0 Å². The second-order valence-electron chi connectivity index (χ2n) is 5.10. The average molecular weight is 415 g/mol. The number of para-hydroxylation sites is 2. The van der Waals surface area contributed by atoms with Gasteiger partial charge in [0.25, 0.3) is 0 Å². The van der Waals surface area contributed by atoms with E-state index in [1.165, 1.54) is 0 Å². The number of hydrogen-bond donors (Lipinski definition) is 0. The second kappa shape index (κ2) is 6.88. The Morgan fingerprint density at radius 2 is 1.12 bits per heavy atom. The normalized spacial score (nSPS) is 10.7. The van der Waals surface area contributed by atoms with Crippen LogP contribution in [0.25, 0.3) is 21.8 Å². The minimum atomic E-state index is -3.10. The molecule has 0 aliphatic heterocycles. The third kappa shape index (κ3) is 3.15. The van der Waals surface area contributed by atoms with Gasteiger partial charge >= 0.3 is 152 Å². The first-order valence-corrected chi connectivity index (χ1v) is 12.5. The van der Waals surface area contributed by atoms with Crippen LogP contribution < -0.4 is 5.63 Å². The van der Waals surface area contributed by atoms with Gasteiger partial charge in [0.15, 0.2) is 0 Å². The summed E-state index contributed by atoms with van der Waals surface area (Å²) in [5.74, 6) is 1.32. The van der Waals surface area contributed by atoms with Crippen molar-refractivity contribution >= 4 is 30.3 Å². The van der Waals surface area contributed by atoms with Crippen LogP contribution in [-0.2, 0) is 21.4 Å². The van der Waals surface area contributed by atoms with Crippen LogP contribution in [0.4, 0.5) is 0 Å². The van der Waals surface area contributed by atoms with E-state index in [4.69, 9.17) is 14.1 Å². The van der Waals surface area contributed by atoms with Gasteiger partial charge in [-0.3, -0.25) is 0 Å². The van der Waals surface area contributed by atoms with E-state index in [1.807, 2.05) is 60.7 Å². The number of nitrogens with zero attached hydrogens (tertiary/aromatic N) is 2. The molecule has 2 heterocycles. The van der Waals surface area contributed by atoms with Crippen LogP contribution in [0.1, 0.15) is 0 Å². The van der Waals surface area contributed by atoms with Gasteiger partial charge in [-0.1, -0.05) is 0 Å². The number of fused-ring (bicyclic) bond motifs is 2. The molecule has 24 heavy (non-hydrogen) atoms. The van der Waals surface area contributed by atoms with Crippen LogP contribution in [0.3, 0.4) is 0 Å². The van der Waals surface area contributed by atoms with Crippen LogP contribution in [0.5, 0.6) is 11.5 Å². The van der Waals surface area contributed by atoms with Crippen LogP contribution in [0.2, 0.25) is 0 Å². The van der Waals surface area contributed by atoms with Gasteiger partial charge in [0.05, 0.1) is 0 Å². The molecule has 0 fully saturated rings. The van der Waals surface area contributed by atoms with Crippen molar-refractivity contribution < 1.29 is 27.1 Å². The van der Waals surface area contributed by atoms with Crippen molar-refractivity contribution in [2.45, 2.75) is 0 Å². The Bertz CT molecular complexity index is 920. The van der Waals surface area contributed by atoms with E-state index in [0.717, 1.165) is 21.8 Å². The van der Waals surface area contributed by atoms with Gasteiger partial charge in [0.2, 0.25) is 0 Å². The molecule has 6 heteroatoms. The standard InChI is InChI=1S/2C9H7NO.ClH.Zr/c2*11-8-5-1-3-7-4-2-6-10-9(7)8;;/h2*1-6,11H;1H;/q;;;+3/p-3. The molecular formula is C18H12ClN2O2Zr. The minimum absolute atomic E-state index is 0.658. The van der Waals surface area contributed by atoms with Gasteiger partial charge in [0.1, 0.15) is 0 Å². The maximum atomic E-state index is 6.45. The van der Waals surface area contributed by atoms with Crippen LogP contribution in [0.15, 0.2) is 73.1 Å². The molecule has 0 atom stereocenters. The summed E-state index contributed by atoms with van der Waals surface area (Å²) in [5, 5.41) is 2.02. The van der Waals surface area contributed by atoms with Crippen molar-refractivity contribution in [1.29, 1.82) is 0 Å². The average Bonchev–Trinajstić information content (AvgIpc) is 2.62. The molecule has 0 amide bonds. The molecular weight excluding hydrogens is 403 g/mol. The van der Waals surface area contributed by atoms with Gasteiger partial charge in [-0.15, -0.1) is 0 Å². The van der Waals surface area contributed by atoms with Crippen molar-refractivity contribution in [3.05, 3.63) is 73.1 Å².